The maximum atomic E-state index is 12.4. The van der Waals surface area contributed by atoms with Crippen LogP contribution in [0, 0.1) is 5.92 Å². The highest BCUT2D eigenvalue weighted by molar-refractivity contribution is 5.99. The van der Waals surface area contributed by atoms with E-state index >= 15 is 0 Å². The molecule has 3 nitrogen and oxygen atoms in total. The van der Waals surface area contributed by atoms with Crippen LogP contribution >= 0.6 is 0 Å². The lowest BCUT2D eigenvalue weighted by Crippen LogP contribution is -2.38. The third-order valence-corrected chi connectivity index (χ3v) is 3.50. The summed E-state index contributed by atoms with van der Waals surface area (Å²) in [4.78, 5) is 14.3. The molecule has 3 heteroatoms. The number of carbonyl (C=O) groups is 1. The average molecular weight is 232 g/mol. The maximum absolute atomic E-state index is 12.4. The highest BCUT2D eigenvalue weighted by Gasteiger charge is 2.22. The van der Waals surface area contributed by atoms with E-state index in [-0.39, 0.29) is 5.91 Å². The van der Waals surface area contributed by atoms with Gasteiger partial charge < -0.3 is 10.2 Å². The number of hydrogen-bond acceptors (Lipinski definition) is 2. The number of carbonyl (C=O) groups excluding carboxylic acids is 1. The Kier molecular flexibility index (Phi) is 3.67. The van der Waals surface area contributed by atoms with E-state index in [0.29, 0.717) is 0 Å². The minimum Gasteiger partial charge on any atom is -0.387 e. The van der Waals surface area contributed by atoms with Crippen molar-refractivity contribution in [2.45, 2.75) is 19.8 Å². The molecule has 1 saturated heterocycles. The molecule has 0 radical (unpaired) electrons. The molecule has 92 valence electrons. The van der Waals surface area contributed by atoms with Crippen molar-refractivity contribution in [3.63, 3.8) is 0 Å². The van der Waals surface area contributed by atoms with Crippen LogP contribution in [-0.4, -0.2) is 30.9 Å². The Morgan fingerprint density at radius 3 is 2.59 bits per heavy atom. The summed E-state index contributed by atoms with van der Waals surface area (Å²) in [6.45, 7) is 4.03. The van der Waals surface area contributed by atoms with Gasteiger partial charge in [0.2, 0.25) is 0 Å². The van der Waals surface area contributed by atoms with E-state index in [1.807, 2.05) is 36.2 Å². The van der Waals surface area contributed by atoms with E-state index in [1.165, 1.54) is 0 Å². The molecular weight excluding hydrogens is 212 g/mol. The first-order chi connectivity index (χ1) is 8.22. The molecule has 0 aromatic heterocycles. The van der Waals surface area contributed by atoms with Crippen LogP contribution in [-0.2, 0) is 0 Å². The van der Waals surface area contributed by atoms with Gasteiger partial charge in [-0.2, -0.15) is 0 Å². The lowest BCUT2D eigenvalue weighted by Gasteiger charge is -2.30. The number of nitrogens with one attached hydrogen (secondary N) is 1. The molecule has 0 atom stereocenters. The van der Waals surface area contributed by atoms with Gasteiger partial charge in [0.1, 0.15) is 0 Å². The Bertz CT molecular complexity index is 395. The van der Waals surface area contributed by atoms with E-state index in [0.717, 1.165) is 43.1 Å². The standard InChI is InChI=1S/C14H20N2O/c1-11-7-9-16(10-8-11)14(17)12-5-3-4-6-13(12)15-2/h3-6,11,15H,7-10H2,1-2H3. The summed E-state index contributed by atoms with van der Waals surface area (Å²) in [6.07, 6.45) is 2.24. The van der Waals surface area contributed by atoms with E-state index in [9.17, 15) is 4.79 Å². The quantitative estimate of drug-likeness (QED) is 0.850. The fourth-order valence-electron chi connectivity index (χ4n) is 2.27. The second kappa shape index (κ2) is 5.21. The minimum atomic E-state index is 0.154. The molecule has 1 heterocycles. The zero-order valence-corrected chi connectivity index (χ0v) is 10.6. The molecule has 0 aliphatic carbocycles. The van der Waals surface area contributed by atoms with Crippen molar-refractivity contribution >= 4 is 11.6 Å². The van der Waals surface area contributed by atoms with Gasteiger partial charge >= 0.3 is 0 Å². The van der Waals surface area contributed by atoms with Gasteiger partial charge in [-0.25, -0.2) is 0 Å². The van der Waals surface area contributed by atoms with Crippen LogP contribution in [0.15, 0.2) is 24.3 Å². The molecular formula is C14H20N2O. The average Bonchev–Trinajstić information content (AvgIpc) is 2.39. The predicted molar refractivity (Wildman–Crippen MR) is 70.3 cm³/mol. The summed E-state index contributed by atoms with van der Waals surface area (Å²) >= 11 is 0. The molecule has 0 bridgehead atoms. The normalized spacial score (nSPS) is 16.9. The summed E-state index contributed by atoms with van der Waals surface area (Å²) in [5.74, 6) is 0.903. The Morgan fingerprint density at radius 2 is 1.94 bits per heavy atom. The largest absolute Gasteiger partial charge is 0.387 e. The smallest absolute Gasteiger partial charge is 0.255 e. The number of anilines is 1. The zero-order chi connectivity index (χ0) is 12.3. The topological polar surface area (TPSA) is 32.3 Å². The molecule has 1 aliphatic rings. The van der Waals surface area contributed by atoms with Crippen LogP contribution in [0.5, 0.6) is 0 Å². The van der Waals surface area contributed by atoms with Crippen LogP contribution in [0.4, 0.5) is 5.69 Å². The SMILES string of the molecule is CNc1ccccc1C(=O)N1CCC(C)CC1. The van der Waals surface area contributed by atoms with Crippen molar-refractivity contribution in [3.8, 4) is 0 Å². The minimum absolute atomic E-state index is 0.154. The lowest BCUT2D eigenvalue weighted by molar-refractivity contribution is 0.0698. The first-order valence-electron chi connectivity index (χ1n) is 6.28. The third-order valence-electron chi connectivity index (χ3n) is 3.50. The van der Waals surface area contributed by atoms with Crippen LogP contribution in [0.3, 0.4) is 0 Å². The van der Waals surface area contributed by atoms with E-state index in [1.54, 1.807) is 0 Å². The molecule has 1 N–H and O–H groups in total. The number of likely N-dealkylation sites (tertiary alicyclic amines) is 1. The van der Waals surface area contributed by atoms with E-state index in [2.05, 4.69) is 12.2 Å². The van der Waals surface area contributed by atoms with Gasteiger partial charge in [-0.15, -0.1) is 0 Å². The van der Waals surface area contributed by atoms with Gasteiger partial charge in [-0.3, -0.25) is 4.79 Å². The van der Waals surface area contributed by atoms with Gasteiger partial charge in [0.15, 0.2) is 0 Å². The molecule has 17 heavy (non-hydrogen) atoms. The van der Waals surface area contributed by atoms with Crippen LogP contribution in [0.25, 0.3) is 0 Å². The Hall–Kier alpha value is -1.51. The molecule has 0 unspecified atom stereocenters. The Labute approximate surface area is 103 Å². The lowest BCUT2D eigenvalue weighted by atomic mass is 9.98. The van der Waals surface area contributed by atoms with Crippen molar-refractivity contribution in [1.82, 2.24) is 4.90 Å². The second-order valence-corrected chi connectivity index (χ2v) is 4.77. The van der Waals surface area contributed by atoms with E-state index in [4.69, 9.17) is 0 Å². The fraction of sp³-hybridized carbons (Fsp3) is 0.500. The van der Waals surface area contributed by atoms with Crippen molar-refractivity contribution in [3.05, 3.63) is 29.8 Å². The Morgan fingerprint density at radius 1 is 1.29 bits per heavy atom. The number of amides is 1. The highest BCUT2D eigenvalue weighted by atomic mass is 16.2. The maximum Gasteiger partial charge on any atom is 0.255 e. The van der Waals surface area contributed by atoms with Gasteiger partial charge in [0.25, 0.3) is 5.91 Å². The highest BCUT2D eigenvalue weighted by Crippen LogP contribution is 2.21. The first-order valence-corrected chi connectivity index (χ1v) is 6.28. The zero-order valence-electron chi connectivity index (χ0n) is 10.6. The van der Waals surface area contributed by atoms with Crippen LogP contribution < -0.4 is 5.32 Å². The molecule has 0 saturated carbocycles. The molecule has 1 fully saturated rings. The number of benzene rings is 1. The molecule has 0 spiro atoms. The molecule has 1 aromatic rings. The van der Waals surface area contributed by atoms with Crippen molar-refractivity contribution < 1.29 is 4.79 Å². The summed E-state index contributed by atoms with van der Waals surface area (Å²) in [7, 11) is 1.85. The van der Waals surface area contributed by atoms with Gasteiger partial charge in [0.05, 0.1) is 5.56 Å². The van der Waals surface area contributed by atoms with Gasteiger partial charge in [-0.05, 0) is 30.9 Å². The molecule has 1 aliphatic heterocycles. The first kappa shape index (κ1) is 12.0. The van der Waals surface area contributed by atoms with Crippen molar-refractivity contribution in [1.29, 1.82) is 0 Å². The molecule has 2 rings (SSSR count). The molecule has 1 aromatic carbocycles. The van der Waals surface area contributed by atoms with Crippen molar-refractivity contribution in [2.24, 2.45) is 5.92 Å². The Balaban J connectivity index is 2.14. The van der Waals surface area contributed by atoms with Gasteiger partial charge in [-0.1, -0.05) is 19.1 Å². The number of piperidine rings is 1. The van der Waals surface area contributed by atoms with E-state index < -0.39 is 0 Å². The predicted octanol–water partition coefficient (Wildman–Crippen LogP) is 2.60. The second-order valence-electron chi connectivity index (χ2n) is 4.77. The number of rotatable bonds is 2. The van der Waals surface area contributed by atoms with Gasteiger partial charge in [0, 0.05) is 25.8 Å². The number of para-hydroxylation sites is 1. The monoisotopic (exact) mass is 232 g/mol. The molecule has 1 amide bonds. The summed E-state index contributed by atoms with van der Waals surface area (Å²) in [5.41, 5.74) is 1.70. The summed E-state index contributed by atoms with van der Waals surface area (Å²) < 4.78 is 0. The fourth-order valence-corrected chi connectivity index (χ4v) is 2.27. The summed E-state index contributed by atoms with van der Waals surface area (Å²) in [6, 6.07) is 7.70. The van der Waals surface area contributed by atoms with Crippen LogP contribution in [0.1, 0.15) is 30.1 Å². The summed E-state index contributed by atoms with van der Waals surface area (Å²) in [5, 5.41) is 3.08. The number of hydrogen-bond donors (Lipinski definition) is 1. The third kappa shape index (κ3) is 2.60. The van der Waals surface area contributed by atoms with Crippen molar-refractivity contribution in [2.75, 3.05) is 25.5 Å². The van der Waals surface area contributed by atoms with Crippen LogP contribution in [0.2, 0.25) is 0 Å². The number of nitrogens with zero attached hydrogens (tertiary/aromatic N) is 1.